The Morgan fingerprint density at radius 1 is 1.36 bits per heavy atom. The number of sulfone groups is 1. The fourth-order valence-electron chi connectivity index (χ4n) is 2.23. The second kappa shape index (κ2) is 4.98. The number of rotatable bonds is 3. The molecule has 0 fully saturated rings. The van der Waals surface area contributed by atoms with E-state index in [1.807, 2.05) is 0 Å². The molecular weight excluding hydrogens is 308 g/mol. The number of fused-ring (bicyclic) bond motifs is 1. The topological polar surface area (TPSA) is 91.0 Å². The van der Waals surface area contributed by atoms with Crippen LogP contribution < -0.4 is 4.74 Å². The monoisotopic (exact) mass is 324 g/mol. The lowest BCUT2D eigenvalue weighted by molar-refractivity contribution is 0.0123. The summed E-state index contributed by atoms with van der Waals surface area (Å²) in [6, 6.07) is 5.12. The minimum atomic E-state index is -3.60. The van der Waals surface area contributed by atoms with Crippen molar-refractivity contribution in [2.75, 3.05) is 7.11 Å². The molecule has 1 aliphatic heterocycles. The SMILES string of the molecule is COc1ccc2onc(CS(=O)(=O)C3=NOC(C)(C)C3)c2c1. The number of nitrogens with zero attached hydrogens (tertiary/aromatic N) is 2. The van der Waals surface area contributed by atoms with Crippen molar-refractivity contribution in [3.8, 4) is 5.75 Å². The predicted molar refractivity (Wildman–Crippen MR) is 80.4 cm³/mol. The molecule has 0 saturated heterocycles. The summed E-state index contributed by atoms with van der Waals surface area (Å²) >= 11 is 0. The van der Waals surface area contributed by atoms with Gasteiger partial charge in [-0.15, -0.1) is 0 Å². The van der Waals surface area contributed by atoms with Crippen molar-refractivity contribution in [2.45, 2.75) is 31.6 Å². The highest BCUT2D eigenvalue weighted by Crippen LogP contribution is 2.29. The Kier molecular flexibility index (Phi) is 3.36. The zero-order valence-electron chi connectivity index (χ0n) is 12.5. The van der Waals surface area contributed by atoms with E-state index in [1.165, 1.54) is 7.11 Å². The molecule has 0 aliphatic carbocycles. The van der Waals surface area contributed by atoms with Crippen LogP contribution in [-0.4, -0.2) is 31.3 Å². The first kappa shape index (κ1) is 14.8. The first-order valence-corrected chi connectivity index (χ1v) is 8.36. The van der Waals surface area contributed by atoms with Gasteiger partial charge < -0.3 is 14.1 Å². The van der Waals surface area contributed by atoms with Crippen molar-refractivity contribution >= 4 is 25.9 Å². The van der Waals surface area contributed by atoms with Crippen LogP contribution in [0.5, 0.6) is 5.75 Å². The Labute approximate surface area is 127 Å². The third kappa shape index (κ3) is 2.66. The first-order chi connectivity index (χ1) is 10.3. The summed E-state index contributed by atoms with van der Waals surface area (Å²) in [4.78, 5) is 5.13. The maximum Gasteiger partial charge on any atom is 0.200 e. The van der Waals surface area contributed by atoms with E-state index in [0.717, 1.165) is 0 Å². The van der Waals surface area contributed by atoms with Crippen LogP contribution in [-0.2, 0) is 20.4 Å². The Balaban J connectivity index is 1.93. The predicted octanol–water partition coefficient (Wildman–Crippen LogP) is 2.26. The fourth-order valence-corrected chi connectivity index (χ4v) is 3.69. The van der Waals surface area contributed by atoms with E-state index in [9.17, 15) is 8.42 Å². The average molecular weight is 324 g/mol. The highest BCUT2D eigenvalue weighted by Gasteiger charge is 2.36. The van der Waals surface area contributed by atoms with E-state index in [1.54, 1.807) is 32.0 Å². The molecule has 0 unspecified atom stereocenters. The van der Waals surface area contributed by atoms with Crippen LogP contribution in [0.15, 0.2) is 27.9 Å². The highest BCUT2D eigenvalue weighted by atomic mass is 32.2. The lowest BCUT2D eigenvalue weighted by atomic mass is 10.1. The van der Waals surface area contributed by atoms with E-state index in [-0.39, 0.29) is 17.2 Å². The van der Waals surface area contributed by atoms with Gasteiger partial charge in [-0.1, -0.05) is 10.3 Å². The molecule has 22 heavy (non-hydrogen) atoms. The van der Waals surface area contributed by atoms with Crippen LogP contribution in [0.3, 0.4) is 0 Å². The smallest absolute Gasteiger partial charge is 0.200 e. The summed E-state index contributed by atoms with van der Waals surface area (Å²) in [5.41, 5.74) is 0.245. The number of hydrogen-bond donors (Lipinski definition) is 0. The number of methoxy groups -OCH3 is 1. The van der Waals surface area contributed by atoms with Gasteiger partial charge in [0.25, 0.3) is 0 Å². The Bertz CT molecular complexity index is 851. The van der Waals surface area contributed by atoms with Gasteiger partial charge in [-0.3, -0.25) is 0 Å². The quantitative estimate of drug-likeness (QED) is 0.860. The molecule has 0 bridgehead atoms. The van der Waals surface area contributed by atoms with Crippen LogP contribution >= 0.6 is 0 Å². The molecule has 0 amide bonds. The zero-order chi connectivity index (χ0) is 16.0. The van der Waals surface area contributed by atoms with Crippen LogP contribution in [0.4, 0.5) is 0 Å². The molecule has 0 saturated carbocycles. The molecule has 7 nitrogen and oxygen atoms in total. The van der Waals surface area contributed by atoms with E-state index < -0.39 is 15.4 Å². The van der Waals surface area contributed by atoms with Gasteiger partial charge in [0, 0.05) is 11.8 Å². The van der Waals surface area contributed by atoms with Gasteiger partial charge in [-0.25, -0.2) is 8.42 Å². The standard InChI is InChI=1S/C14H16N2O5S/c1-14(2)7-13(16-21-14)22(17,18)8-11-10-6-9(19-3)4-5-12(10)20-15-11/h4-6H,7-8H2,1-3H3. The van der Waals surface area contributed by atoms with E-state index >= 15 is 0 Å². The van der Waals surface area contributed by atoms with Gasteiger partial charge in [0.1, 0.15) is 22.8 Å². The van der Waals surface area contributed by atoms with Gasteiger partial charge in [0.05, 0.1) is 7.11 Å². The van der Waals surface area contributed by atoms with E-state index in [4.69, 9.17) is 14.1 Å². The molecule has 3 rings (SSSR count). The van der Waals surface area contributed by atoms with Crippen LogP contribution in [0.2, 0.25) is 0 Å². The molecule has 1 aromatic heterocycles. The number of oxime groups is 1. The molecule has 2 heterocycles. The summed E-state index contributed by atoms with van der Waals surface area (Å²) in [5.74, 6) is 0.322. The molecule has 2 aromatic rings. The zero-order valence-corrected chi connectivity index (χ0v) is 13.3. The molecule has 0 atom stereocenters. The van der Waals surface area contributed by atoms with Crippen LogP contribution in [0.1, 0.15) is 26.0 Å². The maximum absolute atomic E-state index is 12.5. The number of ether oxygens (including phenoxy) is 1. The maximum atomic E-state index is 12.5. The minimum Gasteiger partial charge on any atom is -0.497 e. The summed E-state index contributed by atoms with van der Waals surface area (Å²) < 4.78 is 35.2. The number of aromatic nitrogens is 1. The lowest BCUT2D eigenvalue weighted by Gasteiger charge is -2.13. The second-order valence-electron chi connectivity index (χ2n) is 5.76. The van der Waals surface area contributed by atoms with Gasteiger partial charge in [-0.05, 0) is 32.0 Å². The average Bonchev–Trinajstić information content (AvgIpc) is 3.02. The molecule has 118 valence electrons. The van der Waals surface area contributed by atoms with Gasteiger partial charge in [-0.2, -0.15) is 0 Å². The van der Waals surface area contributed by atoms with Gasteiger partial charge >= 0.3 is 0 Å². The Hall–Kier alpha value is -2.09. The second-order valence-corrected chi connectivity index (χ2v) is 7.75. The normalized spacial score (nSPS) is 17.3. The molecule has 1 aromatic carbocycles. The molecule has 0 N–H and O–H groups in total. The Morgan fingerprint density at radius 2 is 2.14 bits per heavy atom. The van der Waals surface area contributed by atoms with Crippen molar-refractivity contribution in [3.63, 3.8) is 0 Å². The van der Waals surface area contributed by atoms with Crippen LogP contribution in [0, 0.1) is 0 Å². The van der Waals surface area contributed by atoms with Gasteiger partial charge in [0.2, 0.25) is 9.84 Å². The van der Waals surface area contributed by atoms with Crippen molar-refractivity contribution in [2.24, 2.45) is 5.16 Å². The summed E-state index contributed by atoms with van der Waals surface area (Å²) in [5, 5.41) is 8.21. The third-order valence-electron chi connectivity index (χ3n) is 3.41. The highest BCUT2D eigenvalue weighted by molar-refractivity contribution is 8.05. The molecular formula is C14H16N2O5S. The largest absolute Gasteiger partial charge is 0.497 e. The summed E-state index contributed by atoms with van der Waals surface area (Å²) in [6.45, 7) is 3.57. The number of hydrogen-bond acceptors (Lipinski definition) is 7. The van der Waals surface area contributed by atoms with Crippen molar-refractivity contribution in [1.29, 1.82) is 0 Å². The molecule has 0 radical (unpaired) electrons. The van der Waals surface area contributed by atoms with E-state index in [2.05, 4.69) is 10.3 Å². The lowest BCUT2D eigenvalue weighted by Crippen LogP contribution is -2.23. The summed E-state index contributed by atoms with van der Waals surface area (Å²) in [7, 11) is -2.06. The molecule has 0 spiro atoms. The van der Waals surface area contributed by atoms with Crippen molar-refractivity contribution < 1.29 is 22.5 Å². The minimum absolute atomic E-state index is 0.0385. The fraction of sp³-hybridized carbons (Fsp3) is 0.429. The first-order valence-electron chi connectivity index (χ1n) is 6.71. The third-order valence-corrected chi connectivity index (χ3v) is 5.00. The van der Waals surface area contributed by atoms with Gasteiger partial charge in [0.15, 0.2) is 10.6 Å². The molecule has 8 heteroatoms. The van der Waals surface area contributed by atoms with Crippen molar-refractivity contribution in [1.82, 2.24) is 5.16 Å². The van der Waals surface area contributed by atoms with Crippen LogP contribution in [0.25, 0.3) is 11.0 Å². The Morgan fingerprint density at radius 3 is 2.77 bits per heavy atom. The van der Waals surface area contributed by atoms with E-state index in [0.29, 0.717) is 22.4 Å². The molecule has 1 aliphatic rings. The van der Waals surface area contributed by atoms with Crippen molar-refractivity contribution in [3.05, 3.63) is 23.9 Å². The number of benzene rings is 1. The summed E-state index contributed by atoms with van der Waals surface area (Å²) in [6.07, 6.45) is 0.244.